The summed E-state index contributed by atoms with van der Waals surface area (Å²) in [6.07, 6.45) is 0. The van der Waals surface area contributed by atoms with E-state index in [2.05, 4.69) is 5.43 Å². The summed E-state index contributed by atoms with van der Waals surface area (Å²) in [7, 11) is 5.40. The number of benzene rings is 2. The van der Waals surface area contributed by atoms with Crippen molar-refractivity contribution in [2.45, 2.75) is 13.0 Å². The van der Waals surface area contributed by atoms with E-state index in [1.807, 2.05) is 48.5 Å². The van der Waals surface area contributed by atoms with Crippen molar-refractivity contribution in [3.8, 4) is 11.5 Å². The molecule has 26 heavy (non-hydrogen) atoms. The highest BCUT2D eigenvalue weighted by Crippen LogP contribution is 2.45. The smallest absolute Gasteiger partial charge is 0.395 e. The number of quaternary nitrogens is 1. The van der Waals surface area contributed by atoms with E-state index in [-0.39, 0.29) is 4.59 Å². The first-order valence-electron chi connectivity index (χ1n) is 8.23. The molecule has 0 atom stereocenters. The summed E-state index contributed by atoms with van der Waals surface area (Å²) in [5.41, 5.74) is 4.27. The van der Waals surface area contributed by atoms with Crippen molar-refractivity contribution in [3.63, 3.8) is 0 Å². The molecular weight excluding hydrogens is 334 g/mol. The number of hydrogen-bond donors (Lipinski definition) is 1. The highest BCUT2D eigenvalue weighted by atomic mass is 16.7. The van der Waals surface area contributed by atoms with E-state index in [1.165, 1.54) is 6.92 Å². The van der Waals surface area contributed by atoms with Crippen molar-refractivity contribution in [1.82, 2.24) is 10.5 Å². The van der Waals surface area contributed by atoms with E-state index >= 15 is 0 Å². The third-order valence-corrected chi connectivity index (χ3v) is 3.74. The zero-order valence-electron chi connectivity index (χ0n) is 15.2. The van der Waals surface area contributed by atoms with E-state index < -0.39 is 18.0 Å². The monoisotopic (exact) mass is 356 g/mol. The van der Waals surface area contributed by atoms with Gasteiger partial charge < -0.3 is 9.57 Å². The molecule has 2 aromatic rings. The third-order valence-electron chi connectivity index (χ3n) is 3.74. The number of amides is 2. The molecule has 0 spiro atoms. The van der Waals surface area contributed by atoms with Crippen molar-refractivity contribution in [2.75, 3.05) is 21.1 Å². The number of ether oxygens (including phenoxy) is 1. The van der Waals surface area contributed by atoms with Crippen molar-refractivity contribution < 1.29 is 23.8 Å². The van der Waals surface area contributed by atoms with Crippen molar-refractivity contribution >= 4 is 12.0 Å². The Bertz CT molecular complexity index is 799. The molecule has 1 aliphatic heterocycles. The van der Waals surface area contributed by atoms with Crippen LogP contribution in [0, 0.1) is 0 Å². The maximum Gasteiger partial charge on any atom is 0.395 e. The largest absolute Gasteiger partial charge is 0.457 e. The molecule has 0 radical (unpaired) electrons. The second kappa shape index (κ2) is 6.68. The molecule has 2 amide bonds. The number of carbonyl (C=O) groups excluding carboxylic acids is 2. The predicted molar refractivity (Wildman–Crippen MR) is 95.0 cm³/mol. The van der Waals surface area contributed by atoms with Gasteiger partial charge in [-0.2, -0.15) is 5.43 Å². The minimum atomic E-state index is -0.619. The summed E-state index contributed by atoms with van der Waals surface area (Å²) in [6, 6.07) is 13.6. The summed E-state index contributed by atoms with van der Waals surface area (Å²) in [5.74, 6) is 0.654. The Morgan fingerprint density at radius 1 is 1.00 bits per heavy atom. The molecule has 0 aliphatic carbocycles. The Morgan fingerprint density at radius 2 is 1.50 bits per heavy atom. The van der Waals surface area contributed by atoms with Crippen LogP contribution < -0.4 is 10.2 Å². The van der Waals surface area contributed by atoms with Crippen LogP contribution in [-0.2, 0) is 9.63 Å². The lowest BCUT2D eigenvalue weighted by Crippen LogP contribution is -2.56. The van der Waals surface area contributed by atoms with E-state index in [4.69, 9.17) is 9.57 Å². The van der Waals surface area contributed by atoms with Crippen LogP contribution in [0.4, 0.5) is 4.79 Å². The number of hydrogen-bond acceptors (Lipinski definition) is 4. The van der Waals surface area contributed by atoms with E-state index in [0.717, 1.165) is 16.2 Å². The van der Waals surface area contributed by atoms with Gasteiger partial charge in [0.15, 0.2) is 0 Å². The van der Waals surface area contributed by atoms with Crippen LogP contribution in [-0.4, -0.2) is 42.8 Å². The number of nitrogens with zero attached hydrogens (tertiary/aromatic N) is 2. The normalized spacial score (nSPS) is 13.1. The molecule has 0 bridgehead atoms. The topological polar surface area (TPSA) is 67.9 Å². The highest BCUT2D eigenvalue weighted by Gasteiger charge is 2.38. The fourth-order valence-corrected chi connectivity index (χ4v) is 2.82. The summed E-state index contributed by atoms with van der Waals surface area (Å²) in [4.78, 5) is 29.9. The average molecular weight is 356 g/mol. The lowest BCUT2D eigenvalue weighted by molar-refractivity contribution is -0.906. The predicted octanol–water partition coefficient (Wildman–Crippen LogP) is 2.99. The molecular formula is C19H22N3O4+. The van der Waals surface area contributed by atoms with Gasteiger partial charge in [0.05, 0.1) is 21.1 Å². The van der Waals surface area contributed by atoms with Gasteiger partial charge in [-0.25, -0.2) is 9.39 Å². The molecule has 0 fully saturated rings. The lowest BCUT2D eigenvalue weighted by Gasteiger charge is -2.36. The fraction of sp³-hybridized carbons (Fsp3) is 0.263. The second-order valence-electron chi connectivity index (χ2n) is 6.92. The van der Waals surface area contributed by atoms with E-state index in [9.17, 15) is 9.59 Å². The lowest BCUT2D eigenvalue weighted by atomic mass is 9.94. The van der Waals surface area contributed by atoms with Crippen LogP contribution in [0.25, 0.3) is 0 Å². The zero-order chi connectivity index (χ0) is 18.9. The van der Waals surface area contributed by atoms with Crippen LogP contribution in [0.2, 0.25) is 0 Å². The number of nitrogens with one attached hydrogen (secondary N) is 1. The first kappa shape index (κ1) is 17.8. The van der Waals surface area contributed by atoms with Gasteiger partial charge in [0.25, 0.3) is 0 Å². The van der Waals surface area contributed by atoms with Crippen LogP contribution in [0.3, 0.4) is 0 Å². The summed E-state index contributed by atoms with van der Waals surface area (Å²) < 4.78 is 6.11. The molecule has 1 aliphatic rings. The minimum Gasteiger partial charge on any atom is -0.457 e. The molecule has 0 saturated heterocycles. The first-order valence-corrected chi connectivity index (χ1v) is 8.23. The van der Waals surface area contributed by atoms with Crippen LogP contribution in [0.5, 0.6) is 11.5 Å². The SMILES string of the molecule is CC(=O)ON(C(=O)N[N+](C)(C)C)C1c2ccccc2Oc2ccccc21. The Balaban J connectivity index is 2.11. The first-order chi connectivity index (χ1) is 12.3. The van der Waals surface area contributed by atoms with Gasteiger partial charge in [0.2, 0.25) is 0 Å². The molecule has 0 unspecified atom stereocenters. The summed E-state index contributed by atoms with van der Waals surface area (Å²) >= 11 is 0. The summed E-state index contributed by atoms with van der Waals surface area (Å²) in [5, 5.41) is 1.08. The number of urea groups is 1. The van der Waals surface area contributed by atoms with Gasteiger partial charge in [0.1, 0.15) is 17.5 Å². The molecule has 1 heterocycles. The van der Waals surface area contributed by atoms with E-state index in [1.54, 1.807) is 21.1 Å². The van der Waals surface area contributed by atoms with Gasteiger partial charge in [-0.15, -0.1) is 5.06 Å². The van der Waals surface area contributed by atoms with Crippen LogP contribution in [0.15, 0.2) is 48.5 Å². The zero-order valence-corrected chi connectivity index (χ0v) is 15.2. The Morgan fingerprint density at radius 3 is 1.96 bits per heavy atom. The fourth-order valence-electron chi connectivity index (χ4n) is 2.82. The van der Waals surface area contributed by atoms with Crippen LogP contribution in [0.1, 0.15) is 24.1 Å². The standard InChI is InChI=1S/C19H21N3O4/c1-13(23)26-21(19(24)20-22(2,3)4)18-14-9-5-7-11-16(14)25-17-12-8-6-10-15(17)18/h5-12,18H,1-4H3/p+1. The van der Waals surface area contributed by atoms with E-state index in [0.29, 0.717) is 11.5 Å². The van der Waals surface area contributed by atoms with Crippen molar-refractivity contribution in [3.05, 3.63) is 59.7 Å². The maximum atomic E-state index is 12.9. The quantitative estimate of drug-likeness (QED) is 0.663. The molecule has 3 rings (SSSR count). The van der Waals surface area contributed by atoms with Gasteiger partial charge in [-0.1, -0.05) is 36.4 Å². The molecule has 136 valence electrons. The van der Waals surface area contributed by atoms with Gasteiger partial charge in [-0.05, 0) is 12.1 Å². The van der Waals surface area contributed by atoms with Gasteiger partial charge in [-0.3, -0.25) is 4.79 Å². The minimum absolute atomic E-state index is 0.170. The molecule has 1 N–H and O–H groups in total. The van der Waals surface area contributed by atoms with Gasteiger partial charge in [0, 0.05) is 18.1 Å². The van der Waals surface area contributed by atoms with Crippen LogP contribution >= 0.6 is 0 Å². The average Bonchev–Trinajstić information content (AvgIpc) is 2.56. The number of hydroxylamine groups is 2. The van der Waals surface area contributed by atoms with Crippen molar-refractivity contribution in [2.24, 2.45) is 0 Å². The summed E-state index contributed by atoms with van der Waals surface area (Å²) in [6.45, 7) is 1.27. The Kier molecular flexibility index (Phi) is 4.56. The number of carbonyl (C=O) groups is 2. The highest BCUT2D eigenvalue weighted by molar-refractivity contribution is 5.76. The molecule has 7 heteroatoms. The number of rotatable bonds is 2. The van der Waals surface area contributed by atoms with Gasteiger partial charge >= 0.3 is 12.0 Å². The Hall–Kier alpha value is -3.06. The third kappa shape index (κ3) is 3.62. The molecule has 7 nitrogen and oxygen atoms in total. The number of fused-ring (bicyclic) bond motifs is 2. The maximum absolute atomic E-state index is 12.9. The second-order valence-corrected chi connectivity index (χ2v) is 6.92. The Labute approximate surface area is 152 Å². The molecule has 2 aromatic carbocycles. The van der Waals surface area contributed by atoms with Crippen molar-refractivity contribution in [1.29, 1.82) is 0 Å². The number of para-hydroxylation sites is 2. The molecule has 0 aromatic heterocycles. The molecule has 0 saturated carbocycles.